The van der Waals surface area contributed by atoms with Crippen molar-refractivity contribution in [2.45, 2.75) is 19.9 Å². The molecule has 3 heterocycles. The first kappa shape index (κ1) is 15.4. The van der Waals surface area contributed by atoms with Crippen LogP contribution in [-0.4, -0.2) is 41.4 Å². The molecule has 1 saturated heterocycles. The largest absolute Gasteiger partial charge is 0.464 e. The number of ether oxygens (including phenoxy) is 1. The zero-order valence-electron chi connectivity index (χ0n) is 14.0. The molecule has 0 unspecified atom stereocenters. The van der Waals surface area contributed by atoms with Crippen LogP contribution in [0.2, 0.25) is 0 Å². The number of nitrogens with zero attached hydrogens (tertiary/aromatic N) is 2. The molecule has 2 aromatic heterocycles. The summed E-state index contributed by atoms with van der Waals surface area (Å²) in [6.07, 6.45) is 4.69. The van der Waals surface area contributed by atoms with Gasteiger partial charge < -0.3 is 9.15 Å². The molecule has 5 nitrogen and oxygen atoms in total. The molecule has 1 fully saturated rings. The van der Waals surface area contributed by atoms with Crippen molar-refractivity contribution in [3.63, 3.8) is 0 Å². The van der Waals surface area contributed by atoms with Crippen molar-refractivity contribution < 1.29 is 9.15 Å². The smallest absolute Gasteiger partial charge is 0.134 e. The summed E-state index contributed by atoms with van der Waals surface area (Å²) in [7, 11) is 0. The van der Waals surface area contributed by atoms with Gasteiger partial charge >= 0.3 is 0 Å². The lowest BCUT2D eigenvalue weighted by molar-refractivity contribution is 0.121. The predicted octanol–water partition coefficient (Wildman–Crippen LogP) is 3.16. The second-order valence-electron chi connectivity index (χ2n) is 6.69. The predicted molar refractivity (Wildman–Crippen MR) is 92.8 cm³/mol. The van der Waals surface area contributed by atoms with E-state index in [0.717, 1.165) is 55.9 Å². The fourth-order valence-electron chi connectivity index (χ4n) is 3.46. The molecule has 3 aromatic rings. The number of benzene rings is 1. The van der Waals surface area contributed by atoms with Crippen LogP contribution in [0.25, 0.3) is 11.0 Å². The zero-order chi connectivity index (χ0) is 16.4. The molecule has 0 bridgehead atoms. The van der Waals surface area contributed by atoms with Gasteiger partial charge in [0.05, 0.1) is 25.7 Å². The van der Waals surface area contributed by atoms with E-state index in [9.17, 15) is 0 Å². The van der Waals surface area contributed by atoms with E-state index in [1.807, 2.05) is 12.3 Å². The second-order valence-corrected chi connectivity index (χ2v) is 6.69. The molecule has 1 aliphatic heterocycles. The van der Waals surface area contributed by atoms with Gasteiger partial charge in [-0.25, -0.2) is 0 Å². The summed E-state index contributed by atoms with van der Waals surface area (Å²) in [5, 5.41) is 8.31. The molecule has 126 valence electrons. The number of H-pyrrole nitrogens is 1. The topological polar surface area (TPSA) is 54.3 Å². The van der Waals surface area contributed by atoms with Gasteiger partial charge in [0.25, 0.3) is 0 Å². The Morgan fingerprint density at radius 2 is 2.29 bits per heavy atom. The van der Waals surface area contributed by atoms with Crippen molar-refractivity contribution in [1.82, 2.24) is 15.1 Å². The van der Waals surface area contributed by atoms with E-state index in [4.69, 9.17) is 9.15 Å². The fourth-order valence-corrected chi connectivity index (χ4v) is 3.46. The summed E-state index contributed by atoms with van der Waals surface area (Å²) in [6, 6.07) is 8.50. The van der Waals surface area contributed by atoms with E-state index in [0.29, 0.717) is 5.92 Å². The van der Waals surface area contributed by atoms with Gasteiger partial charge in [0, 0.05) is 36.3 Å². The van der Waals surface area contributed by atoms with E-state index in [2.05, 4.69) is 40.2 Å². The Morgan fingerprint density at radius 3 is 3.17 bits per heavy atom. The average molecular weight is 325 g/mol. The van der Waals surface area contributed by atoms with Crippen LogP contribution in [-0.2, 0) is 17.7 Å². The van der Waals surface area contributed by atoms with Crippen LogP contribution in [0.5, 0.6) is 0 Å². The lowest BCUT2D eigenvalue weighted by Gasteiger charge is -2.23. The van der Waals surface area contributed by atoms with Crippen molar-refractivity contribution in [2.75, 3.05) is 26.3 Å². The molecular weight excluding hydrogens is 302 g/mol. The van der Waals surface area contributed by atoms with Crippen molar-refractivity contribution in [2.24, 2.45) is 5.92 Å². The standard InChI is InChI=1S/C19H23N3O2/c1-14-18(10-20-21-14)12-22-5-7-23-13-16(11-22)8-15-2-3-17-4-6-24-19(17)9-15/h2-4,6,9-10,16H,5,7-8,11-13H2,1H3,(H,20,21)/t16-/m0/s1. The molecule has 1 aromatic carbocycles. The molecule has 0 aliphatic carbocycles. The third kappa shape index (κ3) is 3.37. The first-order chi connectivity index (χ1) is 11.8. The summed E-state index contributed by atoms with van der Waals surface area (Å²) in [4.78, 5) is 2.47. The normalized spacial score (nSPS) is 19.6. The minimum atomic E-state index is 0.493. The fraction of sp³-hybridized carbons (Fsp3) is 0.421. The van der Waals surface area contributed by atoms with E-state index >= 15 is 0 Å². The van der Waals surface area contributed by atoms with Crippen LogP contribution in [0.1, 0.15) is 16.8 Å². The van der Waals surface area contributed by atoms with Gasteiger partial charge in [-0.05, 0) is 37.0 Å². The van der Waals surface area contributed by atoms with Crippen LogP contribution in [0.3, 0.4) is 0 Å². The molecule has 5 heteroatoms. The Balaban J connectivity index is 1.44. The highest BCUT2D eigenvalue weighted by Crippen LogP contribution is 2.21. The maximum atomic E-state index is 5.84. The summed E-state index contributed by atoms with van der Waals surface area (Å²) in [5.74, 6) is 0.493. The number of nitrogens with one attached hydrogen (secondary N) is 1. The highest BCUT2D eigenvalue weighted by molar-refractivity contribution is 5.77. The number of fused-ring (bicyclic) bond motifs is 1. The monoisotopic (exact) mass is 325 g/mol. The maximum Gasteiger partial charge on any atom is 0.134 e. The number of furan rings is 1. The Labute approximate surface area is 141 Å². The Hall–Kier alpha value is -2.11. The molecule has 24 heavy (non-hydrogen) atoms. The third-order valence-electron chi connectivity index (χ3n) is 4.80. The minimum absolute atomic E-state index is 0.493. The van der Waals surface area contributed by atoms with E-state index in [1.165, 1.54) is 11.1 Å². The third-order valence-corrected chi connectivity index (χ3v) is 4.80. The van der Waals surface area contributed by atoms with Crippen LogP contribution >= 0.6 is 0 Å². The molecule has 0 saturated carbocycles. The summed E-state index contributed by atoms with van der Waals surface area (Å²) in [5.41, 5.74) is 4.70. The quantitative estimate of drug-likeness (QED) is 0.800. The second kappa shape index (κ2) is 6.79. The van der Waals surface area contributed by atoms with Crippen molar-refractivity contribution in [3.8, 4) is 0 Å². The maximum absolute atomic E-state index is 5.84. The Bertz CT molecular complexity index is 808. The van der Waals surface area contributed by atoms with Crippen molar-refractivity contribution in [3.05, 3.63) is 53.5 Å². The lowest BCUT2D eigenvalue weighted by atomic mass is 9.98. The number of rotatable bonds is 4. The average Bonchev–Trinajstić information content (AvgIpc) is 3.13. The number of aromatic amines is 1. The molecule has 1 aliphatic rings. The minimum Gasteiger partial charge on any atom is -0.464 e. The molecule has 0 radical (unpaired) electrons. The number of hydrogen-bond donors (Lipinski definition) is 1. The molecule has 0 spiro atoms. The van der Waals surface area contributed by atoms with Crippen LogP contribution in [0, 0.1) is 12.8 Å². The SMILES string of the molecule is Cc1[nH]ncc1CN1CCOC[C@@H](Cc2ccc3ccoc3c2)C1. The highest BCUT2D eigenvalue weighted by Gasteiger charge is 2.20. The van der Waals surface area contributed by atoms with Gasteiger partial charge in [-0.2, -0.15) is 5.10 Å². The molecule has 1 N–H and O–H groups in total. The molecule has 1 atom stereocenters. The van der Waals surface area contributed by atoms with Gasteiger partial charge in [-0.15, -0.1) is 0 Å². The Morgan fingerprint density at radius 1 is 1.33 bits per heavy atom. The van der Waals surface area contributed by atoms with Crippen LogP contribution in [0.4, 0.5) is 0 Å². The van der Waals surface area contributed by atoms with Crippen LogP contribution < -0.4 is 0 Å². The molecule has 4 rings (SSSR count). The first-order valence-corrected chi connectivity index (χ1v) is 8.53. The lowest BCUT2D eigenvalue weighted by Crippen LogP contribution is -2.30. The zero-order valence-corrected chi connectivity index (χ0v) is 14.0. The summed E-state index contributed by atoms with van der Waals surface area (Å²) in [6.45, 7) is 6.63. The van der Waals surface area contributed by atoms with E-state index in [-0.39, 0.29) is 0 Å². The number of hydrogen-bond acceptors (Lipinski definition) is 4. The van der Waals surface area contributed by atoms with Gasteiger partial charge in [0.2, 0.25) is 0 Å². The van der Waals surface area contributed by atoms with E-state index < -0.39 is 0 Å². The van der Waals surface area contributed by atoms with Gasteiger partial charge in [-0.1, -0.05) is 12.1 Å². The molecular formula is C19H23N3O2. The van der Waals surface area contributed by atoms with Crippen LogP contribution in [0.15, 0.2) is 41.1 Å². The first-order valence-electron chi connectivity index (χ1n) is 8.53. The van der Waals surface area contributed by atoms with E-state index in [1.54, 1.807) is 6.26 Å². The molecule has 0 amide bonds. The van der Waals surface area contributed by atoms with Gasteiger partial charge in [-0.3, -0.25) is 10.00 Å². The number of aromatic nitrogens is 2. The number of aryl methyl sites for hydroxylation is 1. The van der Waals surface area contributed by atoms with Crippen molar-refractivity contribution in [1.29, 1.82) is 0 Å². The van der Waals surface area contributed by atoms with Gasteiger partial charge in [0.15, 0.2) is 0 Å². The van der Waals surface area contributed by atoms with Crippen molar-refractivity contribution >= 4 is 11.0 Å². The summed E-state index contributed by atoms with van der Waals surface area (Å²) < 4.78 is 11.4. The van der Waals surface area contributed by atoms with Gasteiger partial charge in [0.1, 0.15) is 5.58 Å². The highest BCUT2D eigenvalue weighted by atomic mass is 16.5. The Kier molecular flexibility index (Phi) is 4.36. The summed E-state index contributed by atoms with van der Waals surface area (Å²) >= 11 is 0.